The fraction of sp³-hybridized carbons (Fsp3) is 0.519. The van der Waals surface area contributed by atoms with Gasteiger partial charge in [0, 0.05) is 13.0 Å². The minimum Gasteiger partial charge on any atom is -0.407 e. The molecule has 2 aliphatic rings. The summed E-state index contributed by atoms with van der Waals surface area (Å²) in [6.45, 7) is 7.27. The summed E-state index contributed by atoms with van der Waals surface area (Å²) in [6, 6.07) is 21.3. The molecule has 1 N–H and O–H groups in total. The standard InChI is InChI=1S/C27H36O5Si/c1-26(2,3)33(23-10-6-4-7-11-23,24-12-8-5-9-13-24)30-17-16-21-14-15-25-27(20-29,32-21)18-22(19-28)31-25/h4-13,19,21-22,25,29H,14-18,20H2,1-3H3/t21-,22-,25+,27-/m1/s1. The Morgan fingerprint density at radius 2 is 1.67 bits per heavy atom. The second-order valence-corrected chi connectivity index (χ2v) is 14.6. The van der Waals surface area contributed by atoms with Crippen LogP contribution in [-0.4, -0.2) is 56.8 Å². The predicted molar refractivity (Wildman–Crippen MR) is 131 cm³/mol. The number of hydrogen-bond acceptors (Lipinski definition) is 5. The molecule has 33 heavy (non-hydrogen) atoms. The van der Waals surface area contributed by atoms with Gasteiger partial charge in [0.05, 0.1) is 18.8 Å². The highest BCUT2D eigenvalue weighted by molar-refractivity contribution is 6.99. The lowest BCUT2D eigenvalue weighted by Gasteiger charge is -2.44. The van der Waals surface area contributed by atoms with Crippen molar-refractivity contribution in [2.45, 2.75) is 75.4 Å². The maximum absolute atomic E-state index is 11.3. The summed E-state index contributed by atoms with van der Waals surface area (Å²) in [6.07, 6.45) is 2.87. The first-order valence-corrected chi connectivity index (χ1v) is 13.9. The van der Waals surface area contributed by atoms with E-state index in [2.05, 4.69) is 69.3 Å². The van der Waals surface area contributed by atoms with E-state index in [0.717, 1.165) is 25.5 Å². The molecule has 0 aliphatic carbocycles. The second kappa shape index (κ2) is 9.80. The highest BCUT2D eigenvalue weighted by Gasteiger charge is 2.53. The van der Waals surface area contributed by atoms with E-state index in [1.807, 2.05) is 12.1 Å². The van der Waals surface area contributed by atoms with E-state index in [-0.39, 0.29) is 23.9 Å². The lowest BCUT2D eigenvalue weighted by atomic mass is 9.87. The number of aldehydes is 1. The van der Waals surface area contributed by atoms with Crippen LogP contribution in [0.1, 0.15) is 46.5 Å². The Morgan fingerprint density at radius 1 is 1.06 bits per heavy atom. The van der Waals surface area contributed by atoms with Crippen molar-refractivity contribution in [1.29, 1.82) is 0 Å². The minimum absolute atomic E-state index is 0.0272. The summed E-state index contributed by atoms with van der Waals surface area (Å²) in [4.78, 5) is 11.3. The maximum Gasteiger partial charge on any atom is 0.261 e. The molecule has 5 nitrogen and oxygen atoms in total. The Kier molecular flexibility index (Phi) is 7.22. The van der Waals surface area contributed by atoms with Gasteiger partial charge in [-0.25, -0.2) is 0 Å². The number of fused-ring (bicyclic) bond motifs is 1. The molecule has 2 fully saturated rings. The molecule has 2 heterocycles. The number of carbonyl (C=O) groups is 1. The molecule has 2 aliphatic heterocycles. The van der Waals surface area contributed by atoms with Crippen LogP contribution in [-0.2, 0) is 18.7 Å². The first kappa shape index (κ1) is 24.3. The van der Waals surface area contributed by atoms with Crippen molar-refractivity contribution < 1.29 is 23.8 Å². The summed E-state index contributed by atoms with van der Waals surface area (Å²) in [5.41, 5.74) is -0.772. The van der Waals surface area contributed by atoms with Crippen molar-refractivity contribution >= 4 is 25.0 Å². The maximum atomic E-state index is 11.3. The molecule has 0 saturated carbocycles. The second-order valence-electron chi connectivity index (χ2n) is 10.3. The number of rotatable bonds is 8. The van der Waals surface area contributed by atoms with Crippen LogP contribution in [0.4, 0.5) is 0 Å². The van der Waals surface area contributed by atoms with Gasteiger partial charge in [0.25, 0.3) is 8.32 Å². The molecule has 4 atom stereocenters. The van der Waals surface area contributed by atoms with Gasteiger partial charge in [0.1, 0.15) is 18.0 Å². The van der Waals surface area contributed by atoms with Gasteiger partial charge in [-0.05, 0) is 34.7 Å². The average Bonchev–Trinajstić information content (AvgIpc) is 3.21. The van der Waals surface area contributed by atoms with Crippen LogP contribution >= 0.6 is 0 Å². The lowest BCUT2D eigenvalue weighted by Crippen LogP contribution is -2.66. The van der Waals surface area contributed by atoms with Crippen LogP contribution in [0.15, 0.2) is 60.7 Å². The molecule has 0 amide bonds. The molecule has 6 heteroatoms. The van der Waals surface area contributed by atoms with Gasteiger partial charge >= 0.3 is 0 Å². The smallest absolute Gasteiger partial charge is 0.261 e. The van der Waals surface area contributed by atoms with Gasteiger partial charge in [0.15, 0.2) is 0 Å². The highest BCUT2D eigenvalue weighted by atomic mass is 28.4. The van der Waals surface area contributed by atoms with Crippen LogP contribution in [0.25, 0.3) is 0 Å². The number of ether oxygens (including phenoxy) is 2. The van der Waals surface area contributed by atoms with Crippen LogP contribution in [0.3, 0.4) is 0 Å². The number of carbonyl (C=O) groups excluding carboxylic acids is 1. The van der Waals surface area contributed by atoms with Crippen molar-refractivity contribution in [2.75, 3.05) is 13.2 Å². The lowest BCUT2D eigenvalue weighted by molar-refractivity contribution is -0.184. The molecule has 0 radical (unpaired) electrons. The average molecular weight is 469 g/mol. The SMILES string of the molecule is CC(C)(C)[Si](OCC[C@H]1CC[C@@H]2O[C@@H](C=O)C[C@]2(CO)O1)(c1ccccc1)c1ccccc1. The Labute approximate surface area is 198 Å². The van der Waals surface area contributed by atoms with E-state index in [1.165, 1.54) is 10.4 Å². The van der Waals surface area contributed by atoms with Crippen LogP contribution < -0.4 is 10.4 Å². The van der Waals surface area contributed by atoms with Crippen LogP contribution in [0, 0.1) is 0 Å². The molecular weight excluding hydrogens is 432 g/mol. The first-order chi connectivity index (χ1) is 15.8. The van der Waals surface area contributed by atoms with Crippen LogP contribution in [0.2, 0.25) is 5.04 Å². The van der Waals surface area contributed by atoms with Crippen molar-refractivity contribution in [1.82, 2.24) is 0 Å². The third-order valence-electron chi connectivity index (χ3n) is 7.22. The summed E-state index contributed by atoms with van der Waals surface area (Å²) in [5.74, 6) is 0. The molecule has 0 spiro atoms. The third kappa shape index (κ3) is 4.60. The Hall–Kier alpha value is -1.83. The van der Waals surface area contributed by atoms with Gasteiger partial charge in [-0.1, -0.05) is 81.4 Å². The van der Waals surface area contributed by atoms with Crippen molar-refractivity contribution in [2.24, 2.45) is 0 Å². The molecule has 0 aromatic heterocycles. The van der Waals surface area contributed by atoms with Crippen LogP contribution in [0.5, 0.6) is 0 Å². The van der Waals surface area contributed by atoms with E-state index in [0.29, 0.717) is 13.0 Å². The number of hydrogen-bond donors (Lipinski definition) is 1. The fourth-order valence-electron chi connectivity index (χ4n) is 5.63. The van der Waals surface area contributed by atoms with Crippen molar-refractivity contribution in [3.05, 3.63) is 60.7 Å². The van der Waals surface area contributed by atoms with E-state index in [1.54, 1.807) is 0 Å². The Bertz CT molecular complexity index is 874. The molecular formula is C27H36O5Si. The highest BCUT2D eigenvalue weighted by Crippen LogP contribution is 2.42. The Balaban J connectivity index is 1.54. The predicted octanol–water partition coefficient (Wildman–Crippen LogP) is 3.22. The monoisotopic (exact) mass is 468 g/mol. The zero-order chi connectivity index (χ0) is 23.5. The molecule has 4 rings (SSSR count). The van der Waals surface area contributed by atoms with Gasteiger partial charge in [-0.15, -0.1) is 0 Å². The summed E-state index contributed by atoms with van der Waals surface area (Å²) in [5, 5.41) is 12.5. The van der Waals surface area contributed by atoms with E-state index in [9.17, 15) is 9.90 Å². The number of benzene rings is 2. The van der Waals surface area contributed by atoms with E-state index >= 15 is 0 Å². The van der Waals surface area contributed by atoms with Gasteiger partial charge in [0.2, 0.25) is 0 Å². The quantitative estimate of drug-likeness (QED) is 0.476. The zero-order valence-corrected chi connectivity index (χ0v) is 20.9. The molecule has 0 unspecified atom stereocenters. The molecule has 2 aromatic rings. The van der Waals surface area contributed by atoms with Gasteiger partial charge < -0.3 is 23.8 Å². The first-order valence-electron chi connectivity index (χ1n) is 12.0. The summed E-state index contributed by atoms with van der Waals surface area (Å²) in [7, 11) is -2.58. The Morgan fingerprint density at radius 3 is 2.18 bits per heavy atom. The molecule has 2 saturated heterocycles. The van der Waals surface area contributed by atoms with Crippen molar-refractivity contribution in [3.8, 4) is 0 Å². The van der Waals surface area contributed by atoms with Gasteiger partial charge in [-0.3, -0.25) is 0 Å². The fourth-order valence-corrected chi connectivity index (χ4v) is 10.2. The minimum atomic E-state index is -2.58. The molecule has 2 aromatic carbocycles. The normalized spacial score (nSPS) is 27.8. The van der Waals surface area contributed by atoms with Crippen molar-refractivity contribution in [3.63, 3.8) is 0 Å². The summed E-state index contributed by atoms with van der Waals surface area (Å²) < 4.78 is 19.2. The topological polar surface area (TPSA) is 65.0 Å². The number of aliphatic hydroxyl groups excluding tert-OH is 1. The molecule has 178 valence electrons. The van der Waals surface area contributed by atoms with E-state index < -0.39 is 20.0 Å². The number of aliphatic hydroxyl groups is 1. The third-order valence-corrected chi connectivity index (χ3v) is 12.3. The van der Waals surface area contributed by atoms with E-state index in [4.69, 9.17) is 13.9 Å². The van der Waals surface area contributed by atoms with Gasteiger partial charge in [-0.2, -0.15) is 0 Å². The summed E-state index contributed by atoms with van der Waals surface area (Å²) >= 11 is 0. The zero-order valence-electron chi connectivity index (χ0n) is 19.9. The molecule has 0 bridgehead atoms. The largest absolute Gasteiger partial charge is 0.407 e.